The molecule has 0 aromatic rings. The maximum atomic E-state index is 11.2. The molecule has 0 aromatic carbocycles. The zero-order valence-electron chi connectivity index (χ0n) is 7.15. The Morgan fingerprint density at radius 3 is 2.77 bits per heavy atom. The Balaban J connectivity index is 2.00. The molecule has 0 radical (unpaired) electrons. The predicted molar refractivity (Wildman–Crippen MR) is 42.3 cm³/mol. The average Bonchev–Trinajstić information content (AvgIpc) is 2.64. The Morgan fingerprint density at radius 1 is 1.69 bits per heavy atom. The minimum atomic E-state index is -3.45. The normalized spacial score (nSPS) is 37.0. The molecule has 0 N–H and O–H groups in total. The van der Waals surface area contributed by atoms with Crippen molar-refractivity contribution in [3.05, 3.63) is 0 Å². The zero-order valence-corrected chi connectivity index (χ0v) is 7.96. The number of cyclic esters (lactones) is 1. The van der Waals surface area contributed by atoms with E-state index in [1.165, 1.54) is 0 Å². The molecule has 1 aliphatic carbocycles. The number of carbonyl (C=O) groups excluding carboxylic acids is 1. The molecule has 13 heavy (non-hydrogen) atoms. The Hall–Kier alpha value is -0.620. The lowest BCUT2D eigenvalue weighted by Crippen LogP contribution is -2.22. The quantitative estimate of drug-likeness (QED) is 0.461. The molecule has 5 nitrogen and oxygen atoms in total. The summed E-state index contributed by atoms with van der Waals surface area (Å²) in [6.07, 6.45) is 1.67. The van der Waals surface area contributed by atoms with Crippen LogP contribution in [-0.4, -0.2) is 33.9 Å². The molecule has 6 heteroatoms. The highest BCUT2D eigenvalue weighted by atomic mass is 32.2. The summed E-state index contributed by atoms with van der Waals surface area (Å²) in [4.78, 5) is 11.2. The highest BCUT2D eigenvalue weighted by Crippen LogP contribution is 2.57. The number of rotatable bonds is 3. The fourth-order valence-corrected chi connectivity index (χ4v) is 2.04. The second kappa shape index (κ2) is 2.45. The van der Waals surface area contributed by atoms with Crippen molar-refractivity contribution < 1.29 is 22.1 Å². The molecular formula is C7H10O5S. The molecule has 0 unspecified atom stereocenters. The van der Waals surface area contributed by atoms with Crippen molar-refractivity contribution in [2.75, 3.05) is 19.5 Å². The first-order valence-electron chi connectivity index (χ1n) is 3.96. The average molecular weight is 206 g/mol. The van der Waals surface area contributed by atoms with Crippen LogP contribution in [0.25, 0.3) is 0 Å². The van der Waals surface area contributed by atoms with Crippen molar-refractivity contribution in [3.8, 4) is 0 Å². The highest BCUT2D eigenvalue weighted by molar-refractivity contribution is 7.85. The van der Waals surface area contributed by atoms with Gasteiger partial charge in [0.25, 0.3) is 10.1 Å². The van der Waals surface area contributed by atoms with Crippen LogP contribution in [0.2, 0.25) is 0 Å². The standard InChI is InChI=1S/C7H10O5S/c1-13(9,10)12-4-7-2-5(7)3-11-6(7)8/h5H,2-4H2,1H3/t5-,7+/m0/s1. The molecule has 1 saturated heterocycles. The van der Waals surface area contributed by atoms with Crippen LogP contribution in [0.4, 0.5) is 0 Å². The van der Waals surface area contributed by atoms with E-state index in [4.69, 9.17) is 4.74 Å². The minimum Gasteiger partial charge on any atom is -0.465 e. The van der Waals surface area contributed by atoms with Crippen LogP contribution < -0.4 is 0 Å². The summed E-state index contributed by atoms with van der Waals surface area (Å²) in [5, 5.41) is 0. The fraction of sp³-hybridized carbons (Fsp3) is 0.857. The van der Waals surface area contributed by atoms with Gasteiger partial charge in [0.05, 0.1) is 24.9 Å². The Kier molecular flexibility index (Phi) is 1.69. The summed E-state index contributed by atoms with van der Waals surface area (Å²) in [5.74, 6) is -0.150. The summed E-state index contributed by atoms with van der Waals surface area (Å²) in [6.45, 7) is 0.349. The van der Waals surface area contributed by atoms with E-state index in [-0.39, 0.29) is 18.5 Å². The molecule has 0 bridgehead atoms. The molecule has 0 spiro atoms. The van der Waals surface area contributed by atoms with Crippen molar-refractivity contribution in [1.82, 2.24) is 0 Å². The first-order valence-corrected chi connectivity index (χ1v) is 5.77. The van der Waals surface area contributed by atoms with Crippen molar-refractivity contribution in [3.63, 3.8) is 0 Å². The Bertz CT molecular complexity index is 346. The molecular weight excluding hydrogens is 196 g/mol. The third kappa shape index (κ3) is 1.44. The lowest BCUT2D eigenvalue weighted by Gasteiger charge is -2.07. The van der Waals surface area contributed by atoms with Gasteiger partial charge in [-0.25, -0.2) is 0 Å². The largest absolute Gasteiger partial charge is 0.465 e. The fourth-order valence-electron chi connectivity index (χ4n) is 1.62. The summed E-state index contributed by atoms with van der Waals surface area (Å²) < 4.78 is 30.7. The van der Waals surface area contributed by atoms with Gasteiger partial charge in [0.1, 0.15) is 0 Å². The molecule has 1 aliphatic heterocycles. The van der Waals surface area contributed by atoms with Gasteiger partial charge in [0.2, 0.25) is 0 Å². The van der Waals surface area contributed by atoms with E-state index in [0.29, 0.717) is 13.0 Å². The van der Waals surface area contributed by atoms with E-state index in [1.54, 1.807) is 0 Å². The molecule has 1 heterocycles. The molecule has 2 fully saturated rings. The topological polar surface area (TPSA) is 69.7 Å². The van der Waals surface area contributed by atoms with Crippen molar-refractivity contribution in [2.45, 2.75) is 6.42 Å². The van der Waals surface area contributed by atoms with Crippen LogP contribution in [-0.2, 0) is 23.8 Å². The van der Waals surface area contributed by atoms with E-state index in [0.717, 1.165) is 6.26 Å². The van der Waals surface area contributed by atoms with Crippen molar-refractivity contribution >= 4 is 16.1 Å². The van der Waals surface area contributed by atoms with Gasteiger partial charge in [-0.1, -0.05) is 0 Å². The number of ether oxygens (including phenoxy) is 1. The number of esters is 1. The SMILES string of the molecule is CS(=O)(=O)OC[C@]12C[C@H]1COC2=O. The third-order valence-electron chi connectivity index (χ3n) is 2.58. The summed E-state index contributed by atoms with van der Waals surface area (Å²) in [7, 11) is -3.45. The smallest absolute Gasteiger partial charge is 0.314 e. The van der Waals surface area contributed by atoms with Gasteiger partial charge < -0.3 is 4.74 Å². The van der Waals surface area contributed by atoms with Gasteiger partial charge in [0, 0.05) is 5.92 Å². The lowest BCUT2D eigenvalue weighted by atomic mass is 10.1. The summed E-state index contributed by atoms with van der Waals surface area (Å²) in [5.41, 5.74) is -0.636. The molecule has 2 rings (SSSR count). The molecule has 1 saturated carbocycles. The van der Waals surface area contributed by atoms with Crippen LogP contribution in [0.5, 0.6) is 0 Å². The lowest BCUT2D eigenvalue weighted by molar-refractivity contribution is -0.145. The minimum absolute atomic E-state index is 0.0602. The van der Waals surface area contributed by atoms with E-state index in [2.05, 4.69) is 4.18 Å². The van der Waals surface area contributed by atoms with Crippen LogP contribution >= 0.6 is 0 Å². The van der Waals surface area contributed by atoms with Crippen LogP contribution in [0.3, 0.4) is 0 Å². The third-order valence-corrected chi connectivity index (χ3v) is 3.13. The van der Waals surface area contributed by atoms with Crippen molar-refractivity contribution in [2.24, 2.45) is 11.3 Å². The molecule has 2 aliphatic rings. The van der Waals surface area contributed by atoms with Gasteiger partial charge in [-0.2, -0.15) is 8.42 Å². The molecule has 2 atom stereocenters. The van der Waals surface area contributed by atoms with E-state index >= 15 is 0 Å². The van der Waals surface area contributed by atoms with Crippen molar-refractivity contribution in [1.29, 1.82) is 0 Å². The number of carbonyl (C=O) groups is 1. The van der Waals surface area contributed by atoms with Gasteiger partial charge in [0.15, 0.2) is 0 Å². The Morgan fingerprint density at radius 2 is 2.38 bits per heavy atom. The van der Waals surface area contributed by atoms with E-state index in [1.807, 2.05) is 0 Å². The van der Waals surface area contributed by atoms with Gasteiger partial charge in [-0.15, -0.1) is 0 Å². The zero-order chi connectivity index (χ0) is 9.69. The highest BCUT2D eigenvalue weighted by Gasteiger charge is 2.66. The maximum Gasteiger partial charge on any atom is 0.314 e. The monoisotopic (exact) mass is 206 g/mol. The number of fused-ring (bicyclic) bond motifs is 1. The summed E-state index contributed by atoms with van der Waals surface area (Å²) in [6, 6.07) is 0. The second-order valence-corrected chi connectivity index (χ2v) is 5.27. The first-order chi connectivity index (χ1) is 5.94. The van der Waals surface area contributed by atoms with E-state index < -0.39 is 15.5 Å². The van der Waals surface area contributed by atoms with Crippen LogP contribution in [0.1, 0.15) is 6.42 Å². The first kappa shape index (κ1) is 8.96. The Labute approximate surface area is 76.1 Å². The number of hydrogen-bond acceptors (Lipinski definition) is 5. The predicted octanol–water partition coefficient (Wildman–Crippen LogP) is -0.474. The maximum absolute atomic E-state index is 11.2. The van der Waals surface area contributed by atoms with Gasteiger partial charge in [-0.05, 0) is 6.42 Å². The molecule has 0 amide bonds. The summed E-state index contributed by atoms with van der Waals surface area (Å²) >= 11 is 0. The molecule has 74 valence electrons. The van der Waals surface area contributed by atoms with E-state index in [9.17, 15) is 13.2 Å². The van der Waals surface area contributed by atoms with Gasteiger partial charge in [-0.3, -0.25) is 8.98 Å². The van der Waals surface area contributed by atoms with Crippen LogP contribution in [0, 0.1) is 11.3 Å². The number of hydrogen-bond donors (Lipinski definition) is 0. The van der Waals surface area contributed by atoms with Crippen LogP contribution in [0.15, 0.2) is 0 Å². The van der Waals surface area contributed by atoms with Gasteiger partial charge >= 0.3 is 5.97 Å². The second-order valence-electron chi connectivity index (χ2n) is 3.62. The molecule has 0 aromatic heterocycles.